The zero-order chi connectivity index (χ0) is 27.3. The van der Waals surface area contributed by atoms with Crippen molar-refractivity contribution in [3.63, 3.8) is 0 Å². The molecule has 200 valence electrons. The third-order valence-electron chi connectivity index (χ3n) is 7.68. The van der Waals surface area contributed by atoms with Gasteiger partial charge in [-0.15, -0.1) is 0 Å². The molecule has 0 spiro atoms. The van der Waals surface area contributed by atoms with Crippen LogP contribution >= 0.6 is 0 Å². The molecule has 5 rings (SSSR count). The number of likely N-dealkylation sites (tertiary alicyclic amines) is 1. The van der Waals surface area contributed by atoms with Crippen LogP contribution in [0.1, 0.15) is 54.4 Å². The van der Waals surface area contributed by atoms with Crippen molar-refractivity contribution in [3.05, 3.63) is 77.0 Å². The highest BCUT2D eigenvalue weighted by Crippen LogP contribution is 2.44. The summed E-state index contributed by atoms with van der Waals surface area (Å²) in [6.45, 7) is 1.81. The maximum atomic E-state index is 16.1. The molecule has 38 heavy (non-hydrogen) atoms. The van der Waals surface area contributed by atoms with Crippen molar-refractivity contribution >= 4 is 22.7 Å². The fraction of sp³-hybridized carbons (Fsp3) is 0.393. The van der Waals surface area contributed by atoms with Crippen molar-refractivity contribution in [2.24, 2.45) is 0 Å². The number of pyridine rings is 1. The number of nitrogens with zero attached hydrogens (tertiary/aromatic N) is 2. The van der Waals surface area contributed by atoms with E-state index in [4.69, 9.17) is 0 Å². The Morgan fingerprint density at radius 3 is 2.53 bits per heavy atom. The second-order valence-electron chi connectivity index (χ2n) is 10.4. The number of alkyl halides is 4. The molecular formula is C28H27F4N3O3. The molecule has 0 saturated carbocycles. The number of amides is 2. The zero-order valence-corrected chi connectivity index (χ0v) is 20.7. The van der Waals surface area contributed by atoms with Crippen molar-refractivity contribution in [1.29, 1.82) is 0 Å². The Hall–Kier alpha value is -3.37. The lowest BCUT2D eigenvalue weighted by atomic mass is 9.74. The van der Waals surface area contributed by atoms with Gasteiger partial charge in [0.2, 0.25) is 11.8 Å². The van der Waals surface area contributed by atoms with Crippen LogP contribution in [-0.4, -0.2) is 45.6 Å². The van der Waals surface area contributed by atoms with Gasteiger partial charge in [0.05, 0.1) is 17.0 Å². The molecule has 0 radical (unpaired) electrons. The number of carbonyl (C=O) groups is 2. The molecule has 6 nitrogen and oxygen atoms in total. The summed E-state index contributed by atoms with van der Waals surface area (Å²) >= 11 is 0. The minimum absolute atomic E-state index is 0.0758. The second-order valence-corrected chi connectivity index (χ2v) is 10.4. The van der Waals surface area contributed by atoms with Gasteiger partial charge in [-0.25, -0.2) is 4.39 Å². The number of benzene rings is 2. The zero-order valence-electron chi connectivity index (χ0n) is 20.7. The maximum absolute atomic E-state index is 16.1. The van der Waals surface area contributed by atoms with Crippen molar-refractivity contribution in [2.45, 2.75) is 56.1 Å². The number of halogens is 4. The summed E-state index contributed by atoms with van der Waals surface area (Å²) in [6.07, 6.45) is -2.14. The topological polar surface area (TPSA) is 82.5 Å². The number of piperidine rings is 2. The highest BCUT2D eigenvalue weighted by atomic mass is 19.4. The second kappa shape index (κ2) is 9.43. The van der Waals surface area contributed by atoms with E-state index in [2.05, 4.69) is 10.3 Å². The van der Waals surface area contributed by atoms with Gasteiger partial charge in [0.1, 0.15) is 5.60 Å². The molecule has 2 saturated heterocycles. The van der Waals surface area contributed by atoms with Crippen LogP contribution in [0.3, 0.4) is 0 Å². The Bertz CT molecular complexity index is 1390. The van der Waals surface area contributed by atoms with Crippen LogP contribution in [0.25, 0.3) is 10.9 Å². The highest BCUT2D eigenvalue weighted by Gasteiger charge is 2.52. The van der Waals surface area contributed by atoms with E-state index < -0.39 is 28.9 Å². The summed E-state index contributed by atoms with van der Waals surface area (Å²) in [5.41, 5.74) is -2.34. The van der Waals surface area contributed by atoms with Crippen LogP contribution in [0.4, 0.5) is 17.6 Å². The maximum Gasteiger partial charge on any atom is 0.416 e. The van der Waals surface area contributed by atoms with Gasteiger partial charge in [-0.2, -0.15) is 13.2 Å². The van der Waals surface area contributed by atoms with Gasteiger partial charge in [0, 0.05) is 37.6 Å². The lowest BCUT2D eigenvalue weighted by Crippen LogP contribution is -2.58. The lowest BCUT2D eigenvalue weighted by molar-refractivity contribution is -0.148. The Labute approximate surface area is 216 Å². The van der Waals surface area contributed by atoms with Gasteiger partial charge in [-0.1, -0.05) is 18.2 Å². The van der Waals surface area contributed by atoms with Crippen molar-refractivity contribution in [2.75, 3.05) is 13.1 Å². The first kappa shape index (κ1) is 26.2. The minimum Gasteiger partial charge on any atom is -0.382 e. The van der Waals surface area contributed by atoms with Crippen molar-refractivity contribution in [3.8, 4) is 0 Å². The van der Waals surface area contributed by atoms with Crippen LogP contribution < -0.4 is 5.32 Å². The Morgan fingerprint density at radius 2 is 1.87 bits per heavy atom. The van der Waals surface area contributed by atoms with E-state index in [1.165, 1.54) is 19.1 Å². The normalized spacial score (nSPS) is 26.9. The van der Waals surface area contributed by atoms with E-state index in [1.807, 2.05) is 0 Å². The first-order valence-corrected chi connectivity index (χ1v) is 12.4. The fourth-order valence-electron chi connectivity index (χ4n) is 5.46. The number of aliphatic hydroxyl groups is 1. The number of imide groups is 1. The van der Waals surface area contributed by atoms with Gasteiger partial charge >= 0.3 is 6.18 Å². The largest absolute Gasteiger partial charge is 0.416 e. The van der Waals surface area contributed by atoms with E-state index in [9.17, 15) is 27.9 Å². The number of rotatable bonds is 4. The number of fused-ring (bicyclic) bond motifs is 1. The third-order valence-corrected chi connectivity index (χ3v) is 7.68. The summed E-state index contributed by atoms with van der Waals surface area (Å²) < 4.78 is 54.6. The van der Waals surface area contributed by atoms with Crippen LogP contribution in [0.5, 0.6) is 0 Å². The molecule has 2 amide bonds. The number of nitrogens with one attached hydrogen (secondary N) is 1. The van der Waals surface area contributed by atoms with Gasteiger partial charge in [-0.05, 0) is 66.8 Å². The highest BCUT2D eigenvalue weighted by molar-refractivity contribution is 6.01. The van der Waals surface area contributed by atoms with Crippen LogP contribution in [0.15, 0.2) is 54.7 Å². The summed E-state index contributed by atoms with van der Waals surface area (Å²) in [7, 11) is 0. The Kier molecular flexibility index (Phi) is 6.51. The quantitative estimate of drug-likeness (QED) is 0.382. The van der Waals surface area contributed by atoms with E-state index in [0.29, 0.717) is 40.6 Å². The van der Waals surface area contributed by atoms with Gasteiger partial charge in [0.15, 0.2) is 5.67 Å². The first-order valence-electron chi connectivity index (χ1n) is 12.4. The Morgan fingerprint density at radius 1 is 1.13 bits per heavy atom. The summed E-state index contributed by atoms with van der Waals surface area (Å²) in [6, 6.07) is 11.6. The van der Waals surface area contributed by atoms with Gasteiger partial charge < -0.3 is 5.11 Å². The predicted molar refractivity (Wildman–Crippen MR) is 132 cm³/mol. The molecule has 3 atom stereocenters. The van der Waals surface area contributed by atoms with Gasteiger partial charge in [0.25, 0.3) is 0 Å². The molecule has 0 bridgehead atoms. The van der Waals surface area contributed by atoms with Crippen LogP contribution in [0, 0.1) is 0 Å². The standard InChI is InChI=1S/C28H27F4N3O3/c1-26(29)16-35(15-17-2-4-20(5-3-17)28(30,31)32)11-10-27(26,38)21-6-8-23-18(13-21)12-19(14-33-23)22-7-9-24(36)34-25(22)37/h2-6,8,12-14,22,38H,7,9-11,15-16H2,1H3,(H,34,36,37)/t22?,26-,27+/m0/s1. The number of carbonyl (C=O) groups excluding carboxylic acids is 2. The fourth-order valence-corrected chi connectivity index (χ4v) is 5.46. The average molecular weight is 530 g/mol. The van der Waals surface area contributed by atoms with Crippen molar-refractivity contribution in [1.82, 2.24) is 15.2 Å². The van der Waals surface area contributed by atoms with E-state index in [1.54, 1.807) is 35.4 Å². The molecule has 0 aliphatic carbocycles. The van der Waals surface area contributed by atoms with E-state index in [-0.39, 0.29) is 37.7 Å². The lowest BCUT2D eigenvalue weighted by Gasteiger charge is -2.47. The van der Waals surface area contributed by atoms with Crippen molar-refractivity contribution < 1.29 is 32.3 Å². The molecular weight excluding hydrogens is 502 g/mol. The monoisotopic (exact) mass is 529 g/mol. The number of aromatic nitrogens is 1. The molecule has 2 N–H and O–H groups in total. The molecule has 10 heteroatoms. The molecule has 1 aromatic heterocycles. The summed E-state index contributed by atoms with van der Waals surface area (Å²) in [5.74, 6) is -1.21. The van der Waals surface area contributed by atoms with Crippen LogP contribution in [0.2, 0.25) is 0 Å². The molecule has 2 aliphatic rings. The smallest absolute Gasteiger partial charge is 0.382 e. The first-order chi connectivity index (χ1) is 17.9. The predicted octanol–water partition coefficient (Wildman–Crippen LogP) is 4.60. The number of hydrogen-bond acceptors (Lipinski definition) is 5. The van der Waals surface area contributed by atoms with E-state index in [0.717, 1.165) is 12.1 Å². The molecule has 2 aliphatic heterocycles. The number of hydrogen-bond donors (Lipinski definition) is 2. The van der Waals surface area contributed by atoms with Gasteiger partial charge in [-0.3, -0.25) is 24.8 Å². The third kappa shape index (κ3) is 4.90. The molecule has 2 fully saturated rings. The molecule has 1 unspecified atom stereocenters. The van der Waals surface area contributed by atoms with Crippen LogP contribution in [-0.2, 0) is 27.9 Å². The molecule has 2 aromatic carbocycles. The summed E-state index contributed by atoms with van der Waals surface area (Å²) in [4.78, 5) is 30.0. The molecule has 3 aromatic rings. The summed E-state index contributed by atoms with van der Waals surface area (Å²) in [5, 5.41) is 14.6. The Balaban J connectivity index is 1.36. The minimum atomic E-state index is -4.42. The average Bonchev–Trinajstić information content (AvgIpc) is 2.85. The van der Waals surface area contributed by atoms with E-state index >= 15 is 4.39 Å². The molecule has 3 heterocycles. The SMILES string of the molecule is C[C@]1(F)CN(Cc2ccc(C(F)(F)F)cc2)CC[C@@]1(O)c1ccc2ncc(C3CCC(=O)NC3=O)cc2c1.